The summed E-state index contributed by atoms with van der Waals surface area (Å²) in [7, 11) is 5.14. The maximum atomic E-state index is 5.71. The molecule has 1 unspecified atom stereocenters. The molecule has 0 radical (unpaired) electrons. The van der Waals surface area contributed by atoms with Gasteiger partial charge in [0.05, 0.1) is 20.8 Å². The number of guanidine groups is 1. The van der Waals surface area contributed by atoms with Crippen molar-refractivity contribution in [1.29, 1.82) is 0 Å². The number of hydrogen-bond acceptors (Lipinski definition) is 6. The van der Waals surface area contributed by atoms with Gasteiger partial charge in [-0.05, 0) is 30.7 Å². The number of ether oxygens (including phenoxy) is 3. The highest BCUT2D eigenvalue weighted by Crippen LogP contribution is 2.30. The van der Waals surface area contributed by atoms with E-state index in [4.69, 9.17) is 14.2 Å². The van der Waals surface area contributed by atoms with Crippen LogP contribution in [-0.2, 0) is 6.54 Å². The molecule has 1 atom stereocenters. The van der Waals surface area contributed by atoms with Crippen LogP contribution in [0.25, 0.3) is 0 Å². The molecule has 180 valence electrons. The molecule has 0 amide bonds. The quantitative estimate of drug-likeness (QED) is 0.273. The van der Waals surface area contributed by atoms with Crippen LogP contribution in [0.15, 0.2) is 41.5 Å². The van der Waals surface area contributed by atoms with Gasteiger partial charge in [-0.2, -0.15) is 0 Å². The van der Waals surface area contributed by atoms with Crippen molar-refractivity contribution in [2.24, 2.45) is 10.9 Å². The number of pyridine rings is 1. The smallest absolute Gasteiger partial charge is 0.213 e. The van der Waals surface area contributed by atoms with Crippen LogP contribution in [0.5, 0.6) is 17.4 Å². The third-order valence-corrected chi connectivity index (χ3v) is 5.88. The first-order valence-corrected chi connectivity index (χ1v) is 11.2. The van der Waals surface area contributed by atoms with Crippen molar-refractivity contribution in [3.8, 4) is 17.4 Å². The van der Waals surface area contributed by atoms with E-state index < -0.39 is 0 Å². The number of anilines is 1. The van der Waals surface area contributed by atoms with E-state index in [1.54, 1.807) is 21.3 Å². The van der Waals surface area contributed by atoms with Gasteiger partial charge in [0.1, 0.15) is 11.5 Å². The second kappa shape index (κ2) is 12.2. The monoisotopic (exact) mass is 567 g/mol. The first-order valence-electron chi connectivity index (χ1n) is 11.2. The summed E-state index contributed by atoms with van der Waals surface area (Å²) in [6.07, 6.45) is 5.44. The van der Waals surface area contributed by atoms with Gasteiger partial charge in [-0.3, -0.25) is 4.99 Å². The van der Waals surface area contributed by atoms with Gasteiger partial charge in [-0.15, -0.1) is 24.0 Å². The lowest BCUT2D eigenvalue weighted by Crippen LogP contribution is -2.44. The van der Waals surface area contributed by atoms with E-state index in [1.165, 1.54) is 12.8 Å². The van der Waals surface area contributed by atoms with Gasteiger partial charge in [0.2, 0.25) is 5.88 Å². The molecule has 1 aliphatic carbocycles. The largest absolute Gasteiger partial charge is 0.497 e. The standard InChI is InChI=1S/C24H33N5O3.HI/c1-25-24(27-14-18-6-7-23(26-13-18)32-16-17-4-5-17)28-19-8-9-29(15-19)20-10-21(30-2)12-22(11-20)31-3;/h6-7,10-13,17,19H,4-5,8-9,14-16H2,1-3H3,(H2,25,27,28);1H. The van der Waals surface area contributed by atoms with Crippen molar-refractivity contribution in [2.75, 3.05) is 45.9 Å². The van der Waals surface area contributed by atoms with Crippen LogP contribution in [-0.4, -0.2) is 57.9 Å². The Morgan fingerprint density at radius 3 is 2.48 bits per heavy atom. The number of methoxy groups -OCH3 is 2. The highest BCUT2D eigenvalue weighted by Gasteiger charge is 2.24. The molecule has 1 saturated heterocycles. The fraction of sp³-hybridized carbons (Fsp3) is 0.500. The van der Waals surface area contributed by atoms with Crippen molar-refractivity contribution >= 4 is 35.6 Å². The lowest BCUT2D eigenvalue weighted by atomic mass is 10.2. The number of aromatic nitrogens is 1. The number of nitrogens with zero attached hydrogens (tertiary/aromatic N) is 3. The maximum absolute atomic E-state index is 5.71. The Bertz CT molecular complexity index is 899. The minimum absolute atomic E-state index is 0. The van der Waals surface area contributed by atoms with E-state index >= 15 is 0 Å². The molecule has 0 spiro atoms. The van der Waals surface area contributed by atoms with Crippen LogP contribution in [0.3, 0.4) is 0 Å². The molecule has 1 saturated carbocycles. The Balaban J connectivity index is 0.00000306. The summed E-state index contributed by atoms with van der Waals surface area (Å²) in [4.78, 5) is 11.1. The van der Waals surface area contributed by atoms with Crippen LogP contribution in [0.4, 0.5) is 5.69 Å². The van der Waals surface area contributed by atoms with E-state index in [9.17, 15) is 0 Å². The number of hydrogen-bond donors (Lipinski definition) is 2. The molecule has 9 heteroatoms. The highest BCUT2D eigenvalue weighted by molar-refractivity contribution is 14.0. The molecule has 4 rings (SSSR count). The van der Waals surface area contributed by atoms with Gasteiger partial charge in [-0.1, -0.05) is 6.07 Å². The Morgan fingerprint density at radius 2 is 1.88 bits per heavy atom. The Kier molecular flexibility index (Phi) is 9.28. The van der Waals surface area contributed by atoms with Crippen molar-refractivity contribution in [1.82, 2.24) is 15.6 Å². The number of halogens is 1. The van der Waals surface area contributed by atoms with E-state index in [1.807, 2.05) is 36.5 Å². The van der Waals surface area contributed by atoms with E-state index in [2.05, 4.69) is 25.5 Å². The molecular formula is C24H34IN5O3. The number of benzene rings is 1. The van der Waals surface area contributed by atoms with Crippen LogP contribution in [0, 0.1) is 5.92 Å². The average molecular weight is 567 g/mol. The molecule has 2 heterocycles. The van der Waals surface area contributed by atoms with E-state index in [-0.39, 0.29) is 24.0 Å². The third kappa shape index (κ3) is 7.28. The molecule has 2 N–H and O–H groups in total. The molecule has 2 aliphatic rings. The first kappa shape index (κ1) is 25.2. The average Bonchev–Trinajstić information content (AvgIpc) is 3.56. The minimum Gasteiger partial charge on any atom is -0.497 e. The van der Waals surface area contributed by atoms with Gasteiger partial charge in [-0.25, -0.2) is 4.98 Å². The van der Waals surface area contributed by atoms with Crippen molar-refractivity contribution in [3.63, 3.8) is 0 Å². The highest BCUT2D eigenvalue weighted by atomic mass is 127. The molecule has 2 aromatic rings. The topological polar surface area (TPSA) is 80.2 Å². The summed E-state index contributed by atoms with van der Waals surface area (Å²) in [5.74, 6) is 3.80. The first-order chi connectivity index (χ1) is 15.7. The molecule has 0 bridgehead atoms. The van der Waals surface area contributed by atoms with Gasteiger partial charge in [0.15, 0.2) is 5.96 Å². The van der Waals surface area contributed by atoms with Crippen LogP contribution >= 0.6 is 24.0 Å². The third-order valence-electron chi connectivity index (χ3n) is 5.88. The van der Waals surface area contributed by atoms with Crippen LogP contribution in [0.2, 0.25) is 0 Å². The fourth-order valence-electron chi connectivity index (χ4n) is 3.75. The van der Waals surface area contributed by atoms with Gasteiger partial charge < -0.3 is 29.7 Å². The molecule has 8 nitrogen and oxygen atoms in total. The van der Waals surface area contributed by atoms with E-state index in [0.717, 1.165) is 60.7 Å². The maximum Gasteiger partial charge on any atom is 0.213 e. The summed E-state index contributed by atoms with van der Waals surface area (Å²) in [5.41, 5.74) is 2.19. The van der Waals surface area contributed by atoms with Gasteiger partial charge in [0.25, 0.3) is 0 Å². The lowest BCUT2D eigenvalue weighted by molar-refractivity contribution is 0.288. The second-order valence-electron chi connectivity index (χ2n) is 8.33. The van der Waals surface area contributed by atoms with Crippen LogP contribution < -0.4 is 29.7 Å². The second-order valence-corrected chi connectivity index (χ2v) is 8.33. The summed E-state index contributed by atoms with van der Waals surface area (Å²) in [5, 5.41) is 6.92. The molecular weight excluding hydrogens is 533 g/mol. The van der Waals surface area contributed by atoms with Crippen molar-refractivity contribution in [3.05, 3.63) is 42.1 Å². The zero-order valence-corrected chi connectivity index (χ0v) is 21.9. The van der Waals surface area contributed by atoms with E-state index in [0.29, 0.717) is 18.5 Å². The predicted octanol–water partition coefficient (Wildman–Crippen LogP) is 3.45. The van der Waals surface area contributed by atoms with Gasteiger partial charge >= 0.3 is 0 Å². The Labute approximate surface area is 213 Å². The number of rotatable bonds is 9. The normalized spacial score (nSPS) is 17.8. The zero-order valence-electron chi connectivity index (χ0n) is 19.5. The summed E-state index contributed by atoms with van der Waals surface area (Å²) >= 11 is 0. The number of nitrogens with one attached hydrogen (secondary N) is 2. The number of aliphatic imine (C=N–C) groups is 1. The SMILES string of the molecule is CN=C(NCc1ccc(OCC2CC2)nc1)NC1CCN(c2cc(OC)cc(OC)c2)C1.I. The van der Waals surface area contributed by atoms with Crippen LogP contribution in [0.1, 0.15) is 24.8 Å². The molecule has 33 heavy (non-hydrogen) atoms. The van der Waals surface area contributed by atoms with Gasteiger partial charge in [0, 0.05) is 68.9 Å². The van der Waals surface area contributed by atoms with Crippen molar-refractivity contribution < 1.29 is 14.2 Å². The Morgan fingerprint density at radius 1 is 1.12 bits per heavy atom. The molecule has 2 fully saturated rings. The molecule has 1 aromatic heterocycles. The Hall–Kier alpha value is -2.43. The summed E-state index contributed by atoms with van der Waals surface area (Å²) < 4.78 is 16.5. The fourth-order valence-corrected chi connectivity index (χ4v) is 3.75. The van der Waals surface area contributed by atoms with Crippen molar-refractivity contribution in [2.45, 2.75) is 31.8 Å². The minimum atomic E-state index is 0. The molecule has 1 aliphatic heterocycles. The molecule has 1 aromatic carbocycles. The zero-order chi connectivity index (χ0) is 22.3. The lowest BCUT2D eigenvalue weighted by Gasteiger charge is -2.21. The summed E-state index contributed by atoms with van der Waals surface area (Å²) in [6, 6.07) is 10.3. The summed E-state index contributed by atoms with van der Waals surface area (Å²) in [6.45, 7) is 3.27. The predicted molar refractivity (Wildman–Crippen MR) is 141 cm³/mol.